The number of hydrogen-bond donors (Lipinski definition) is 0. The minimum Gasteiger partial charge on any atom is -0.462 e. The zero-order valence-electron chi connectivity index (χ0n) is 50.8. The second-order valence-electron chi connectivity index (χ2n) is 22.4. The highest BCUT2D eigenvalue weighted by Crippen LogP contribution is 2.18. The summed E-state index contributed by atoms with van der Waals surface area (Å²) >= 11 is 0. The molecule has 0 fully saturated rings. The minimum absolute atomic E-state index is 0.0676. The fraction of sp³-hybridized carbons (Fsp3) is 0.814. The largest absolute Gasteiger partial charge is 0.462 e. The third kappa shape index (κ3) is 62.0. The molecule has 0 aliphatic rings. The van der Waals surface area contributed by atoms with Gasteiger partial charge in [0.15, 0.2) is 6.10 Å². The van der Waals surface area contributed by atoms with E-state index in [1.54, 1.807) is 0 Å². The van der Waals surface area contributed by atoms with Gasteiger partial charge in [0.1, 0.15) is 13.2 Å². The SMILES string of the molecule is CC/C=C\C/C=C\C/C=C\C/C=C\C/C=C\CCCCCCCCCCCCCCCCCC(=O)OCC(COC(=O)CCCCCCCCCCC)OC(=O)CCCCCCCCCCCCCCCCCCCC. The summed E-state index contributed by atoms with van der Waals surface area (Å²) in [6, 6.07) is 0. The van der Waals surface area contributed by atoms with E-state index in [0.717, 1.165) is 89.9 Å². The molecule has 0 aromatic heterocycles. The highest BCUT2D eigenvalue weighted by Gasteiger charge is 2.19. The molecule has 0 saturated carbocycles. The second-order valence-corrected chi connectivity index (χ2v) is 22.4. The number of rotatable bonds is 61. The number of carbonyl (C=O) groups is 3. The minimum atomic E-state index is -0.768. The fourth-order valence-corrected chi connectivity index (χ4v) is 9.83. The molecule has 1 atom stereocenters. The highest BCUT2D eigenvalue weighted by molar-refractivity contribution is 5.71. The first-order valence-electron chi connectivity index (χ1n) is 33.3. The summed E-state index contributed by atoms with van der Waals surface area (Å²) in [7, 11) is 0. The van der Waals surface area contributed by atoms with Gasteiger partial charge < -0.3 is 14.2 Å². The summed E-state index contributed by atoms with van der Waals surface area (Å²) in [6.45, 7) is 6.56. The predicted molar refractivity (Wildman–Crippen MR) is 330 cm³/mol. The van der Waals surface area contributed by atoms with Crippen LogP contribution in [0.2, 0.25) is 0 Å². The van der Waals surface area contributed by atoms with Crippen molar-refractivity contribution in [3.05, 3.63) is 60.8 Å². The Bertz CT molecular complexity index is 1360. The molecule has 0 spiro atoms. The first-order valence-corrected chi connectivity index (χ1v) is 33.3. The van der Waals surface area contributed by atoms with E-state index in [-0.39, 0.29) is 31.1 Å². The van der Waals surface area contributed by atoms with Crippen LogP contribution in [0.4, 0.5) is 0 Å². The van der Waals surface area contributed by atoms with Crippen molar-refractivity contribution in [2.45, 2.75) is 354 Å². The molecule has 0 bridgehead atoms. The number of carbonyl (C=O) groups excluding carboxylic acids is 3. The molecule has 0 aliphatic carbocycles. The van der Waals surface area contributed by atoms with Gasteiger partial charge in [0.2, 0.25) is 0 Å². The topological polar surface area (TPSA) is 78.9 Å². The highest BCUT2D eigenvalue weighted by atomic mass is 16.6. The van der Waals surface area contributed by atoms with Crippen LogP contribution in [0.1, 0.15) is 348 Å². The summed E-state index contributed by atoms with van der Waals surface area (Å²) in [5, 5.41) is 0. The Balaban J connectivity index is 4.10. The van der Waals surface area contributed by atoms with Crippen molar-refractivity contribution in [1.82, 2.24) is 0 Å². The van der Waals surface area contributed by atoms with Gasteiger partial charge in [-0.05, 0) is 64.2 Å². The molecule has 0 aliphatic heterocycles. The van der Waals surface area contributed by atoms with Crippen molar-refractivity contribution in [2.24, 2.45) is 0 Å². The van der Waals surface area contributed by atoms with Crippen LogP contribution in [0.3, 0.4) is 0 Å². The molecule has 0 heterocycles. The summed E-state index contributed by atoms with van der Waals surface area (Å²) in [5.74, 6) is -0.848. The van der Waals surface area contributed by atoms with Gasteiger partial charge in [-0.15, -0.1) is 0 Å². The van der Waals surface area contributed by atoms with Crippen LogP contribution in [0.15, 0.2) is 60.8 Å². The summed E-state index contributed by atoms with van der Waals surface area (Å²) < 4.78 is 16.9. The van der Waals surface area contributed by atoms with E-state index in [1.807, 2.05) is 0 Å². The van der Waals surface area contributed by atoms with Crippen molar-refractivity contribution in [3.8, 4) is 0 Å². The first kappa shape index (κ1) is 73.1. The summed E-state index contributed by atoms with van der Waals surface area (Å²) in [6.07, 6.45) is 82.5. The van der Waals surface area contributed by atoms with Crippen LogP contribution in [0, 0.1) is 0 Å². The van der Waals surface area contributed by atoms with E-state index < -0.39 is 6.10 Å². The lowest BCUT2D eigenvalue weighted by Crippen LogP contribution is -2.30. The molecule has 0 amide bonds. The normalized spacial score (nSPS) is 12.4. The maximum Gasteiger partial charge on any atom is 0.306 e. The van der Waals surface area contributed by atoms with Crippen molar-refractivity contribution in [3.63, 3.8) is 0 Å². The average molecular weight is 1060 g/mol. The van der Waals surface area contributed by atoms with Crippen molar-refractivity contribution in [1.29, 1.82) is 0 Å². The molecular weight excluding hydrogens is 937 g/mol. The van der Waals surface area contributed by atoms with Crippen molar-refractivity contribution >= 4 is 17.9 Å². The van der Waals surface area contributed by atoms with E-state index >= 15 is 0 Å². The van der Waals surface area contributed by atoms with Gasteiger partial charge in [-0.1, -0.05) is 326 Å². The van der Waals surface area contributed by atoms with Crippen LogP contribution < -0.4 is 0 Å². The lowest BCUT2D eigenvalue weighted by atomic mass is 10.0. The quantitative estimate of drug-likeness (QED) is 0.0261. The van der Waals surface area contributed by atoms with Crippen LogP contribution in [0.25, 0.3) is 0 Å². The van der Waals surface area contributed by atoms with E-state index in [1.165, 1.54) is 218 Å². The van der Waals surface area contributed by atoms with Gasteiger partial charge in [-0.3, -0.25) is 14.4 Å². The molecule has 0 N–H and O–H groups in total. The van der Waals surface area contributed by atoms with Gasteiger partial charge in [0, 0.05) is 19.3 Å². The molecule has 0 aromatic carbocycles. The zero-order valence-corrected chi connectivity index (χ0v) is 50.8. The van der Waals surface area contributed by atoms with Gasteiger partial charge in [-0.25, -0.2) is 0 Å². The van der Waals surface area contributed by atoms with Crippen LogP contribution in [-0.4, -0.2) is 37.2 Å². The number of ether oxygens (including phenoxy) is 3. The second kappa shape index (κ2) is 64.6. The van der Waals surface area contributed by atoms with E-state index in [0.29, 0.717) is 19.3 Å². The Labute approximate surface area is 472 Å². The Morgan fingerprint density at radius 1 is 0.276 bits per heavy atom. The third-order valence-electron chi connectivity index (χ3n) is 14.8. The number of hydrogen-bond acceptors (Lipinski definition) is 6. The monoisotopic (exact) mass is 1060 g/mol. The predicted octanol–water partition coefficient (Wildman–Crippen LogP) is 22.7. The first-order chi connectivity index (χ1) is 37.5. The summed E-state index contributed by atoms with van der Waals surface area (Å²) in [5.41, 5.74) is 0. The molecule has 6 heteroatoms. The smallest absolute Gasteiger partial charge is 0.306 e. The van der Waals surface area contributed by atoms with Crippen LogP contribution in [-0.2, 0) is 28.6 Å². The number of unbranched alkanes of at least 4 members (excludes halogenated alkanes) is 40. The van der Waals surface area contributed by atoms with Crippen molar-refractivity contribution < 1.29 is 28.6 Å². The average Bonchev–Trinajstić information content (AvgIpc) is 3.42. The van der Waals surface area contributed by atoms with Gasteiger partial charge in [0.25, 0.3) is 0 Å². The molecule has 6 nitrogen and oxygen atoms in total. The standard InChI is InChI=1S/C70H126O6/c1-4-7-10-13-16-19-21-23-25-27-29-30-31-32-33-34-35-36-37-38-39-40-41-43-44-46-48-51-54-57-60-63-69(72)75-66-67(65-74-68(71)62-59-56-53-50-18-15-12-9-6-3)76-70(73)64-61-58-55-52-49-47-45-42-28-26-24-22-20-17-14-11-8-5-2/h7,10,16,19,23,25,29-30,32-33,67H,4-6,8-9,11-15,17-18,20-22,24,26-28,31,34-66H2,1-3H3/b10-7-,19-16-,25-23-,30-29-,33-32-. The van der Waals surface area contributed by atoms with Gasteiger partial charge in [0.05, 0.1) is 0 Å². The van der Waals surface area contributed by atoms with Crippen LogP contribution in [0.5, 0.6) is 0 Å². The number of allylic oxidation sites excluding steroid dienone is 10. The molecule has 442 valence electrons. The van der Waals surface area contributed by atoms with E-state index in [4.69, 9.17) is 14.2 Å². The number of esters is 3. The Kier molecular flexibility index (Phi) is 62.2. The Hall–Kier alpha value is -2.89. The zero-order chi connectivity index (χ0) is 55.0. The molecule has 0 rings (SSSR count). The fourth-order valence-electron chi connectivity index (χ4n) is 9.83. The Morgan fingerprint density at radius 2 is 0.513 bits per heavy atom. The molecule has 0 radical (unpaired) electrons. The van der Waals surface area contributed by atoms with Crippen LogP contribution >= 0.6 is 0 Å². The molecule has 0 saturated heterocycles. The van der Waals surface area contributed by atoms with Crippen molar-refractivity contribution in [2.75, 3.05) is 13.2 Å². The van der Waals surface area contributed by atoms with Gasteiger partial charge >= 0.3 is 17.9 Å². The molecule has 0 aromatic rings. The maximum absolute atomic E-state index is 12.9. The van der Waals surface area contributed by atoms with E-state index in [2.05, 4.69) is 81.5 Å². The van der Waals surface area contributed by atoms with E-state index in [9.17, 15) is 14.4 Å². The molecule has 76 heavy (non-hydrogen) atoms. The van der Waals surface area contributed by atoms with Gasteiger partial charge in [-0.2, -0.15) is 0 Å². The maximum atomic E-state index is 12.9. The molecule has 1 unspecified atom stereocenters. The Morgan fingerprint density at radius 3 is 0.803 bits per heavy atom. The third-order valence-corrected chi connectivity index (χ3v) is 14.8. The summed E-state index contributed by atoms with van der Waals surface area (Å²) in [4.78, 5) is 38.2. The lowest BCUT2D eigenvalue weighted by Gasteiger charge is -2.18. The lowest BCUT2D eigenvalue weighted by molar-refractivity contribution is -0.167. The molecular formula is C70H126O6.